The topological polar surface area (TPSA) is 112 Å². The van der Waals surface area contributed by atoms with Gasteiger partial charge in [-0.1, -0.05) is 24.3 Å². The maximum absolute atomic E-state index is 12.9. The monoisotopic (exact) mass is 454 g/mol. The molecule has 0 amide bonds. The lowest BCUT2D eigenvalue weighted by Gasteiger charge is -2.20. The second kappa shape index (κ2) is 8.99. The smallest absolute Gasteiger partial charge is 0.261 e. The largest absolute Gasteiger partial charge is 0.394 e. The highest BCUT2D eigenvalue weighted by Gasteiger charge is 2.19. The molecule has 0 bridgehead atoms. The molecule has 0 spiro atoms. The molecule has 5 rings (SSSR count). The predicted molar refractivity (Wildman–Crippen MR) is 133 cm³/mol. The molecule has 0 aliphatic carbocycles. The summed E-state index contributed by atoms with van der Waals surface area (Å²) in [4.78, 5) is 27.9. The number of aryl methyl sites for hydroxylation is 2. The van der Waals surface area contributed by atoms with Crippen LogP contribution in [0.25, 0.3) is 28.1 Å². The molecule has 0 aliphatic rings. The normalized spacial score (nSPS) is 12.2. The summed E-state index contributed by atoms with van der Waals surface area (Å²) in [6, 6.07) is 13.7. The van der Waals surface area contributed by atoms with Crippen molar-refractivity contribution < 1.29 is 5.11 Å². The molecule has 34 heavy (non-hydrogen) atoms. The van der Waals surface area contributed by atoms with Crippen LogP contribution in [0.15, 0.2) is 72.2 Å². The van der Waals surface area contributed by atoms with Crippen molar-refractivity contribution >= 4 is 16.7 Å². The summed E-state index contributed by atoms with van der Waals surface area (Å²) in [5, 5.41) is 13.4. The summed E-state index contributed by atoms with van der Waals surface area (Å²) < 4.78 is 1.92. The number of benzene rings is 2. The summed E-state index contributed by atoms with van der Waals surface area (Å²) in [6.45, 7) is 3.97. The van der Waals surface area contributed by atoms with Crippen LogP contribution in [-0.2, 0) is 6.42 Å². The number of nitrogens with one attached hydrogen (secondary N) is 3. The molecule has 0 aliphatic heterocycles. The van der Waals surface area contributed by atoms with Crippen LogP contribution in [0, 0.1) is 13.8 Å². The number of H-pyrrole nitrogens is 2. The number of aromatic amines is 2. The number of pyridine rings is 1. The average molecular weight is 455 g/mol. The Morgan fingerprint density at radius 3 is 2.76 bits per heavy atom. The minimum Gasteiger partial charge on any atom is -0.394 e. The van der Waals surface area contributed by atoms with Crippen LogP contribution in [0.1, 0.15) is 16.7 Å². The lowest BCUT2D eigenvalue weighted by Crippen LogP contribution is -2.28. The Kier molecular flexibility index (Phi) is 5.73. The van der Waals surface area contributed by atoms with Crippen LogP contribution in [0.2, 0.25) is 0 Å². The molecule has 0 saturated heterocycles. The van der Waals surface area contributed by atoms with Gasteiger partial charge in [0.2, 0.25) is 0 Å². The fourth-order valence-electron chi connectivity index (χ4n) is 4.27. The molecule has 172 valence electrons. The first kappa shape index (κ1) is 21.7. The number of fused-ring (bicyclic) bond motifs is 1. The predicted octanol–water partition coefficient (Wildman–Crippen LogP) is 3.74. The number of nitrogens with zero attached hydrogens (tertiary/aromatic N) is 3. The molecular formula is C26H26N6O2. The van der Waals surface area contributed by atoms with E-state index in [0.717, 1.165) is 33.4 Å². The Morgan fingerprint density at radius 2 is 2.00 bits per heavy atom. The van der Waals surface area contributed by atoms with E-state index in [2.05, 4.69) is 39.3 Å². The molecule has 4 N–H and O–H groups in total. The highest BCUT2D eigenvalue weighted by Crippen LogP contribution is 2.28. The summed E-state index contributed by atoms with van der Waals surface area (Å²) in [5.74, 6) is 0.470. The molecule has 5 aromatic rings. The van der Waals surface area contributed by atoms with Gasteiger partial charge >= 0.3 is 0 Å². The van der Waals surface area contributed by atoms with Crippen molar-refractivity contribution in [3.63, 3.8) is 0 Å². The van der Waals surface area contributed by atoms with Crippen LogP contribution in [-0.4, -0.2) is 42.3 Å². The number of anilines is 1. The van der Waals surface area contributed by atoms with Crippen molar-refractivity contribution in [3.8, 4) is 17.1 Å². The quantitative estimate of drug-likeness (QED) is 0.299. The maximum atomic E-state index is 12.9. The highest BCUT2D eigenvalue weighted by molar-refractivity contribution is 5.86. The van der Waals surface area contributed by atoms with Crippen LogP contribution in [0.4, 0.5) is 5.69 Å². The minimum atomic E-state index is -0.263. The third kappa shape index (κ3) is 4.11. The molecule has 1 unspecified atom stereocenters. The standard InChI is InChI=1S/C26H26N6O2/c1-16-5-3-4-6-18(16)12-19(14-33)29-21-7-8-28-26(34)23(21)25-30-22-13-20(32-10-9-27-15-32)11-17(2)24(22)31-25/h3-11,13,15,19,33H,12,14H2,1-2H3,(H,30,31)(H2,28,29,34). The summed E-state index contributed by atoms with van der Waals surface area (Å²) in [7, 11) is 0. The van der Waals surface area contributed by atoms with Gasteiger partial charge in [-0.2, -0.15) is 0 Å². The molecular weight excluding hydrogens is 428 g/mol. The van der Waals surface area contributed by atoms with E-state index in [4.69, 9.17) is 4.98 Å². The first-order chi connectivity index (χ1) is 16.5. The number of hydrogen-bond donors (Lipinski definition) is 4. The molecule has 3 aromatic heterocycles. The zero-order chi connectivity index (χ0) is 23.7. The van der Waals surface area contributed by atoms with Gasteiger partial charge in [-0.3, -0.25) is 4.79 Å². The number of aromatic nitrogens is 5. The van der Waals surface area contributed by atoms with E-state index in [9.17, 15) is 9.90 Å². The van der Waals surface area contributed by atoms with Gasteiger partial charge in [-0.25, -0.2) is 9.97 Å². The Labute approximate surface area is 196 Å². The van der Waals surface area contributed by atoms with Gasteiger partial charge in [-0.15, -0.1) is 0 Å². The molecule has 3 heterocycles. The maximum Gasteiger partial charge on any atom is 0.261 e. The van der Waals surface area contributed by atoms with Crippen molar-refractivity contribution in [3.05, 3.63) is 94.4 Å². The molecule has 0 fully saturated rings. The van der Waals surface area contributed by atoms with Gasteiger partial charge in [0, 0.05) is 24.3 Å². The lowest BCUT2D eigenvalue weighted by atomic mass is 10.0. The first-order valence-corrected chi connectivity index (χ1v) is 11.2. The van der Waals surface area contributed by atoms with Crippen LogP contribution in [0.5, 0.6) is 0 Å². The van der Waals surface area contributed by atoms with Crippen LogP contribution < -0.4 is 10.9 Å². The molecule has 0 radical (unpaired) electrons. The van der Waals surface area contributed by atoms with Crippen molar-refractivity contribution in [2.75, 3.05) is 11.9 Å². The average Bonchev–Trinajstić information content (AvgIpc) is 3.50. The SMILES string of the molecule is Cc1ccccc1CC(CO)Nc1cc[nH]c(=O)c1-c1nc2c(C)cc(-n3ccnc3)cc2[nH]1. The van der Waals surface area contributed by atoms with Crippen molar-refractivity contribution in [2.45, 2.75) is 26.3 Å². The van der Waals surface area contributed by atoms with E-state index < -0.39 is 0 Å². The van der Waals surface area contributed by atoms with E-state index in [-0.39, 0.29) is 18.2 Å². The molecule has 2 aromatic carbocycles. The summed E-state index contributed by atoms with van der Waals surface area (Å²) >= 11 is 0. The van der Waals surface area contributed by atoms with E-state index in [1.54, 1.807) is 24.8 Å². The van der Waals surface area contributed by atoms with Gasteiger partial charge < -0.3 is 25.0 Å². The van der Waals surface area contributed by atoms with Gasteiger partial charge in [0.05, 0.1) is 35.7 Å². The fourth-order valence-corrected chi connectivity index (χ4v) is 4.27. The Morgan fingerprint density at radius 1 is 1.15 bits per heavy atom. The molecule has 0 saturated carbocycles. The van der Waals surface area contributed by atoms with Gasteiger partial charge in [0.1, 0.15) is 11.4 Å². The Hall–Kier alpha value is -4.17. The van der Waals surface area contributed by atoms with E-state index in [1.807, 2.05) is 42.0 Å². The third-order valence-electron chi connectivity index (χ3n) is 6.07. The summed E-state index contributed by atoms with van der Waals surface area (Å²) in [5.41, 5.74) is 6.63. The second-order valence-corrected chi connectivity index (χ2v) is 8.46. The highest BCUT2D eigenvalue weighted by atomic mass is 16.3. The zero-order valence-electron chi connectivity index (χ0n) is 19.0. The third-order valence-corrected chi connectivity index (χ3v) is 6.07. The fraction of sp³-hybridized carbons (Fsp3) is 0.192. The Balaban J connectivity index is 1.53. The van der Waals surface area contributed by atoms with Crippen molar-refractivity contribution in [1.82, 2.24) is 24.5 Å². The minimum absolute atomic E-state index is 0.0753. The Bertz CT molecular complexity index is 1500. The van der Waals surface area contributed by atoms with Gasteiger partial charge in [0.15, 0.2) is 0 Å². The lowest BCUT2D eigenvalue weighted by molar-refractivity contribution is 0.273. The second-order valence-electron chi connectivity index (χ2n) is 8.46. The first-order valence-electron chi connectivity index (χ1n) is 11.2. The molecule has 1 atom stereocenters. The summed E-state index contributed by atoms with van der Waals surface area (Å²) in [6.07, 6.45) is 7.58. The van der Waals surface area contributed by atoms with Crippen molar-refractivity contribution in [2.24, 2.45) is 0 Å². The van der Waals surface area contributed by atoms with Crippen LogP contribution in [0.3, 0.4) is 0 Å². The number of imidazole rings is 2. The van der Waals surface area contributed by atoms with E-state index in [1.165, 1.54) is 0 Å². The van der Waals surface area contributed by atoms with E-state index in [0.29, 0.717) is 23.5 Å². The number of aliphatic hydroxyl groups is 1. The van der Waals surface area contributed by atoms with Gasteiger partial charge in [-0.05, 0) is 55.2 Å². The zero-order valence-corrected chi connectivity index (χ0v) is 19.0. The van der Waals surface area contributed by atoms with E-state index >= 15 is 0 Å². The molecule has 8 heteroatoms. The molecule has 8 nitrogen and oxygen atoms in total. The number of hydrogen-bond acceptors (Lipinski definition) is 5. The van der Waals surface area contributed by atoms with Crippen LogP contribution >= 0.6 is 0 Å². The number of rotatable bonds is 7. The van der Waals surface area contributed by atoms with Crippen molar-refractivity contribution in [1.29, 1.82) is 0 Å². The van der Waals surface area contributed by atoms with Gasteiger partial charge in [0.25, 0.3) is 5.56 Å². The number of aliphatic hydroxyl groups excluding tert-OH is 1.